The molecule has 1 aromatic rings. The number of fused-ring (bicyclic) bond motifs is 1. The maximum atomic E-state index is 11.9. The van der Waals surface area contributed by atoms with Crippen molar-refractivity contribution in [2.45, 2.75) is 39.0 Å². The zero-order valence-corrected chi connectivity index (χ0v) is 13.2. The summed E-state index contributed by atoms with van der Waals surface area (Å²) in [5.74, 6) is -0.636. The van der Waals surface area contributed by atoms with Gasteiger partial charge in [0.2, 0.25) is 0 Å². The fourth-order valence-corrected chi connectivity index (χ4v) is 2.70. The third-order valence-electron chi connectivity index (χ3n) is 3.83. The standard InChI is InChI=1S/C18H22O4/c1-3-4-11-22-17(19)12-13-7-5-9-15-14(13)8-6-10-16(15)18(20)21-2/h6,8,10,12H,3-5,7,9,11H2,1-2H3/b13-12-. The van der Waals surface area contributed by atoms with E-state index in [2.05, 4.69) is 6.92 Å². The van der Waals surface area contributed by atoms with Gasteiger partial charge in [-0.1, -0.05) is 25.5 Å². The summed E-state index contributed by atoms with van der Waals surface area (Å²) in [4.78, 5) is 23.7. The first-order valence-corrected chi connectivity index (χ1v) is 7.75. The number of methoxy groups -OCH3 is 1. The molecule has 1 aliphatic carbocycles. The Morgan fingerprint density at radius 1 is 1.27 bits per heavy atom. The number of carbonyl (C=O) groups excluding carboxylic acids is 2. The molecule has 0 aromatic heterocycles. The maximum absolute atomic E-state index is 11.9. The summed E-state index contributed by atoms with van der Waals surface area (Å²) in [5, 5.41) is 0. The van der Waals surface area contributed by atoms with Crippen LogP contribution in [0.1, 0.15) is 54.1 Å². The van der Waals surface area contributed by atoms with Crippen molar-refractivity contribution in [3.8, 4) is 0 Å². The molecular formula is C18H22O4. The summed E-state index contributed by atoms with van der Waals surface area (Å²) in [6.45, 7) is 2.51. The molecule has 22 heavy (non-hydrogen) atoms. The molecule has 0 fully saturated rings. The highest BCUT2D eigenvalue weighted by Crippen LogP contribution is 2.33. The molecule has 0 amide bonds. The molecular weight excluding hydrogens is 280 g/mol. The Bertz CT molecular complexity index is 587. The highest BCUT2D eigenvalue weighted by atomic mass is 16.5. The number of hydrogen-bond acceptors (Lipinski definition) is 4. The van der Waals surface area contributed by atoms with E-state index in [1.165, 1.54) is 7.11 Å². The molecule has 0 unspecified atom stereocenters. The molecule has 1 aromatic carbocycles. The van der Waals surface area contributed by atoms with Gasteiger partial charge in [0.15, 0.2) is 0 Å². The maximum Gasteiger partial charge on any atom is 0.338 e. The van der Waals surface area contributed by atoms with Crippen LogP contribution in [-0.2, 0) is 20.7 Å². The van der Waals surface area contributed by atoms with Gasteiger partial charge in [0.25, 0.3) is 0 Å². The summed E-state index contributed by atoms with van der Waals surface area (Å²) in [6.07, 6.45) is 5.99. The van der Waals surface area contributed by atoms with Gasteiger partial charge >= 0.3 is 11.9 Å². The minimum Gasteiger partial charge on any atom is -0.465 e. The summed E-state index contributed by atoms with van der Waals surface area (Å²) < 4.78 is 10.0. The molecule has 0 saturated carbocycles. The lowest BCUT2D eigenvalue weighted by molar-refractivity contribution is -0.137. The number of unbranched alkanes of at least 4 members (excludes halogenated alkanes) is 1. The van der Waals surface area contributed by atoms with Gasteiger partial charge in [-0.25, -0.2) is 9.59 Å². The first kappa shape index (κ1) is 16.3. The Morgan fingerprint density at radius 2 is 2.09 bits per heavy atom. The average molecular weight is 302 g/mol. The van der Waals surface area contributed by atoms with Gasteiger partial charge < -0.3 is 9.47 Å². The zero-order chi connectivity index (χ0) is 15.9. The number of benzene rings is 1. The monoisotopic (exact) mass is 302 g/mol. The van der Waals surface area contributed by atoms with Crippen LogP contribution in [0.5, 0.6) is 0 Å². The van der Waals surface area contributed by atoms with Crippen molar-refractivity contribution >= 4 is 17.5 Å². The third-order valence-corrected chi connectivity index (χ3v) is 3.83. The molecule has 0 heterocycles. The number of rotatable bonds is 5. The summed E-state index contributed by atoms with van der Waals surface area (Å²) in [5.41, 5.74) is 3.45. The van der Waals surface area contributed by atoms with E-state index in [-0.39, 0.29) is 11.9 Å². The number of allylic oxidation sites excluding steroid dienone is 1. The molecule has 1 aliphatic rings. The normalized spacial score (nSPS) is 15.3. The largest absolute Gasteiger partial charge is 0.465 e. The minimum absolute atomic E-state index is 0.306. The van der Waals surface area contributed by atoms with Gasteiger partial charge in [-0.3, -0.25) is 0 Å². The van der Waals surface area contributed by atoms with Crippen LogP contribution in [0.4, 0.5) is 0 Å². The van der Waals surface area contributed by atoms with Crippen molar-refractivity contribution in [2.24, 2.45) is 0 Å². The zero-order valence-electron chi connectivity index (χ0n) is 13.2. The number of carbonyl (C=O) groups is 2. The van der Waals surface area contributed by atoms with E-state index in [9.17, 15) is 9.59 Å². The van der Waals surface area contributed by atoms with Crippen LogP contribution < -0.4 is 0 Å². The summed E-state index contributed by atoms with van der Waals surface area (Å²) >= 11 is 0. The molecule has 0 saturated heterocycles. The molecule has 0 N–H and O–H groups in total. The molecule has 118 valence electrons. The molecule has 2 rings (SSSR count). The van der Waals surface area contributed by atoms with Crippen molar-refractivity contribution in [1.82, 2.24) is 0 Å². The topological polar surface area (TPSA) is 52.6 Å². The molecule has 0 spiro atoms. The number of hydrogen-bond donors (Lipinski definition) is 0. The average Bonchev–Trinajstić information content (AvgIpc) is 2.54. The fraction of sp³-hybridized carbons (Fsp3) is 0.444. The Balaban J connectivity index is 2.25. The van der Waals surface area contributed by atoms with E-state index >= 15 is 0 Å². The van der Waals surface area contributed by atoms with Crippen LogP contribution in [0.2, 0.25) is 0 Å². The molecule has 4 nitrogen and oxygen atoms in total. The van der Waals surface area contributed by atoms with Crippen LogP contribution in [0.3, 0.4) is 0 Å². The highest BCUT2D eigenvalue weighted by molar-refractivity contribution is 5.96. The van der Waals surface area contributed by atoms with Gasteiger partial charge in [0.1, 0.15) is 0 Å². The van der Waals surface area contributed by atoms with E-state index in [1.54, 1.807) is 12.1 Å². The predicted molar refractivity (Wildman–Crippen MR) is 84.6 cm³/mol. The van der Waals surface area contributed by atoms with E-state index < -0.39 is 0 Å². The van der Waals surface area contributed by atoms with Gasteiger partial charge in [-0.2, -0.15) is 0 Å². The summed E-state index contributed by atoms with van der Waals surface area (Å²) in [6, 6.07) is 5.55. The molecule has 4 heteroatoms. The molecule has 0 atom stereocenters. The Labute approximate surface area is 131 Å². The number of esters is 2. The Hall–Kier alpha value is -2.10. The fourth-order valence-electron chi connectivity index (χ4n) is 2.70. The third kappa shape index (κ3) is 3.75. The second-order valence-corrected chi connectivity index (χ2v) is 5.37. The molecule has 0 bridgehead atoms. The first-order valence-electron chi connectivity index (χ1n) is 7.75. The van der Waals surface area contributed by atoms with Crippen LogP contribution in [0, 0.1) is 0 Å². The van der Waals surface area contributed by atoms with Crippen LogP contribution in [0.25, 0.3) is 5.57 Å². The Kier molecular flexibility index (Phi) is 5.75. The lowest BCUT2D eigenvalue weighted by Crippen LogP contribution is -2.12. The van der Waals surface area contributed by atoms with E-state index in [4.69, 9.17) is 9.47 Å². The van der Waals surface area contributed by atoms with E-state index in [0.29, 0.717) is 12.2 Å². The van der Waals surface area contributed by atoms with Gasteiger partial charge in [0, 0.05) is 6.08 Å². The quantitative estimate of drug-likeness (QED) is 0.474. The van der Waals surface area contributed by atoms with Crippen LogP contribution in [0.15, 0.2) is 24.3 Å². The van der Waals surface area contributed by atoms with Crippen molar-refractivity contribution in [3.05, 3.63) is 41.0 Å². The molecule has 0 radical (unpaired) electrons. The van der Waals surface area contributed by atoms with Crippen LogP contribution in [-0.4, -0.2) is 25.7 Å². The minimum atomic E-state index is -0.330. The summed E-state index contributed by atoms with van der Waals surface area (Å²) in [7, 11) is 1.38. The van der Waals surface area contributed by atoms with Crippen molar-refractivity contribution in [3.63, 3.8) is 0 Å². The molecule has 0 aliphatic heterocycles. The lowest BCUT2D eigenvalue weighted by atomic mass is 9.84. The SMILES string of the molecule is CCCCOC(=O)/C=C1/CCCc2c(C(=O)OC)cccc21. The van der Waals surface area contributed by atoms with Crippen molar-refractivity contribution in [2.75, 3.05) is 13.7 Å². The van der Waals surface area contributed by atoms with Gasteiger partial charge in [0.05, 0.1) is 19.3 Å². The first-order chi connectivity index (χ1) is 10.7. The second-order valence-electron chi connectivity index (χ2n) is 5.37. The number of ether oxygens (including phenoxy) is 2. The highest BCUT2D eigenvalue weighted by Gasteiger charge is 2.21. The van der Waals surface area contributed by atoms with Crippen molar-refractivity contribution < 1.29 is 19.1 Å². The van der Waals surface area contributed by atoms with E-state index in [0.717, 1.165) is 48.8 Å². The van der Waals surface area contributed by atoms with Crippen LogP contribution >= 0.6 is 0 Å². The smallest absolute Gasteiger partial charge is 0.338 e. The van der Waals surface area contributed by atoms with Crippen molar-refractivity contribution in [1.29, 1.82) is 0 Å². The van der Waals surface area contributed by atoms with Gasteiger partial charge in [-0.05, 0) is 48.4 Å². The van der Waals surface area contributed by atoms with E-state index in [1.807, 2.05) is 12.1 Å². The van der Waals surface area contributed by atoms with Gasteiger partial charge in [-0.15, -0.1) is 0 Å². The lowest BCUT2D eigenvalue weighted by Gasteiger charge is -2.21. The predicted octanol–water partition coefficient (Wildman–Crippen LogP) is 3.54. The second kappa shape index (κ2) is 7.78. The Morgan fingerprint density at radius 3 is 2.82 bits per heavy atom.